The maximum absolute atomic E-state index is 14.1. The average Bonchev–Trinajstić information content (AvgIpc) is 3.41. The van der Waals surface area contributed by atoms with E-state index in [0.717, 1.165) is 0 Å². The number of methoxy groups -OCH3 is 3. The first kappa shape index (κ1) is 30.1. The Balaban J connectivity index is 1.65. The molecule has 47 heavy (non-hydrogen) atoms. The molecule has 2 aromatic heterocycles. The molecule has 12 nitrogen and oxygen atoms in total. The van der Waals surface area contributed by atoms with Crippen LogP contribution in [0.1, 0.15) is 30.9 Å². The molecule has 242 valence electrons. The van der Waals surface area contributed by atoms with Gasteiger partial charge in [-0.25, -0.2) is 0 Å². The Morgan fingerprint density at radius 2 is 1.53 bits per heavy atom. The number of phenols is 3. The zero-order valence-electron chi connectivity index (χ0n) is 26.4. The van der Waals surface area contributed by atoms with Gasteiger partial charge in [-0.15, -0.1) is 0 Å². The molecule has 0 amide bonds. The van der Waals surface area contributed by atoms with Crippen LogP contribution in [0.4, 0.5) is 0 Å². The summed E-state index contributed by atoms with van der Waals surface area (Å²) in [6.45, 7) is 3.06. The summed E-state index contributed by atoms with van der Waals surface area (Å²) in [5.74, 6) is -0.997. The Kier molecular flexibility index (Phi) is 6.52. The number of benzene rings is 4. The molecule has 0 fully saturated rings. The number of ether oxygens (including phenoxy) is 4. The third kappa shape index (κ3) is 4.04. The Labute approximate surface area is 266 Å². The normalized spacial score (nSPS) is 16.1. The van der Waals surface area contributed by atoms with Crippen molar-refractivity contribution in [1.29, 1.82) is 0 Å². The van der Waals surface area contributed by atoms with Crippen molar-refractivity contribution in [2.75, 3.05) is 21.3 Å². The Morgan fingerprint density at radius 3 is 2.19 bits per heavy atom. The van der Waals surface area contributed by atoms with Gasteiger partial charge in [-0.1, -0.05) is 6.07 Å². The Morgan fingerprint density at radius 1 is 0.830 bits per heavy atom. The van der Waals surface area contributed by atoms with Crippen molar-refractivity contribution in [2.24, 2.45) is 7.05 Å². The highest BCUT2D eigenvalue weighted by Crippen LogP contribution is 2.55. The molecular weight excluding hydrogens is 608 g/mol. The highest BCUT2D eigenvalue weighted by molar-refractivity contribution is 6.03. The first-order valence-electron chi connectivity index (χ1n) is 14.7. The van der Waals surface area contributed by atoms with E-state index in [1.807, 2.05) is 0 Å². The number of pyridine rings is 2. The van der Waals surface area contributed by atoms with Gasteiger partial charge in [0.1, 0.15) is 34.9 Å². The van der Waals surface area contributed by atoms with E-state index in [1.54, 1.807) is 35.9 Å². The second-order valence-corrected chi connectivity index (χ2v) is 12.2. The smallest absolute Gasteiger partial charge is 0.201 e. The topological polar surface area (TPSA) is 173 Å². The molecule has 2 unspecified atom stereocenters. The summed E-state index contributed by atoms with van der Waals surface area (Å²) in [6.07, 6.45) is -1.10. The van der Waals surface area contributed by atoms with Gasteiger partial charge in [-0.3, -0.25) is 9.59 Å². The van der Waals surface area contributed by atoms with Gasteiger partial charge >= 0.3 is 0 Å². The first-order chi connectivity index (χ1) is 22.3. The number of aromatic nitrogens is 2. The lowest BCUT2D eigenvalue weighted by molar-refractivity contribution is -0.0300. The fourth-order valence-electron chi connectivity index (χ4n) is 7.10. The fourth-order valence-corrected chi connectivity index (χ4v) is 7.10. The van der Waals surface area contributed by atoms with Crippen LogP contribution in [-0.4, -0.2) is 63.0 Å². The molecule has 0 aliphatic carbocycles. The molecule has 1 aliphatic rings. The molecule has 0 bridgehead atoms. The van der Waals surface area contributed by atoms with Crippen molar-refractivity contribution in [3.63, 3.8) is 0 Å². The van der Waals surface area contributed by atoms with Crippen molar-refractivity contribution in [2.45, 2.75) is 31.5 Å². The number of nitrogens with one attached hydrogen (secondary N) is 1. The quantitative estimate of drug-likeness (QED) is 0.169. The Bertz CT molecular complexity index is 2440. The minimum absolute atomic E-state index is 0.0431. The van der Waals surface area contributed by atoms with Crippen molar-refractivity contribution in [3.05, 3.63) is 74.0 Å². The molecule has 0 radical (unpaired) electrons. The molecule has 4 aromatic carbocycles. The van der Waals surface area contributed by atoms with Gasteiger partial charge < -0.3 is 48.9 Å². The van der Waals surface area contributed by atoms with Crippen LogP contribution in [0.15, 0.2) is 52.1 Å². The molecular formula is C35H32N2O10. The lowest BCUT2D eigenvalue weighted by atomic mass is 9.79. The maximum atomic E-state index is 14.1. The zero-order chi connectivity index (χ0) is 33.7. The second-order valence-electron chi connectivity index (χ2n) is 12.2. The van der Waals surface area contributed by atoms with Crippen molar-refractivity contribution >= 4 is 43.6 Å². The molecule has 2 atom stereocenters. The number of aromatic amines is 1. The highest BCUT2D eigenvalue weighted by atomic mass is 16.5. The van der Waals surface area contributed by atoms with Crippen LogP contribution >= 0.6 is 0 Å². The van der Waals surface area contributed by atoms with E-state index in [0.29, 0.717) is 22.6 Å². The summed E-state index contributed by atoms with van der Waals surface area (Å²) in [7, 11) is 5.97. The number of phenolic OH excluding ortho intramolecular Hbond substituents is 3. The van der Waals surface area contributed by atoms with Gasteiger partial charge in [0.05, 0.1) is 76.5 Å². The van der Waals surface area contributed by atoms with Gasteiger partial charge in [-0.2, -0.15) is 0 Å². The predicted octanol–water partition coefficient (Wildman–Crippen LogP) is 4.49. The zero-order valence-corrected chi connectivity index (χ0v) is 26.4. The van der Waals surface area contributed by atoms with E-state index in [2.05, 4.69) is 4.98 Å². The van der Waals surface area contributed by atoms with Gasteiger partial charge in [0, 0.05) is 30.3 Å². The minimum Gasteiger partial charge on any atom is -0.507 e. The maximum Gasteiger partial charge on any atom is 0.201 e. The number of aliphatic hydroxyl groups is 1. The lowest BCUT2D eigenvalue weighted by Gasteiger charge is -2.31. The molecule has 0 spiro atoms. The predicted molar refractivity (Wildman–Crippen MR) is 176 cm³/mol. The minimum atomic E-state index is -1.56. The fraction of sp³-hybridized carbons (Fsp3) is 0.257. The van der Waals surface area contributed by atoms with Gasteiger partial charge in [0.15, 0.2) is 11.5 Å². The molecule has 6 aromatic rings. The van der Waals surface area contributed by atoms with Crippen molar-refractivity contribution < 1.29 is 39.4 Å². The van der Waals surface area contributed by atoms with E-state index in [1.165, 1.54) is 53.4 Å². The number of fused-ring (bicyclic) bond motifs is 6. The van der Waals surface area contributed by atoms with Crippen LogP contribution in [0.25, 0.3) is 43.6 Å². The van der Waals surface area contributed by atoms with Gasteiger partial charge in [0.25, 0.3) is 0 Å². The molecule has 5 N–H and O–H groups in total. The third-order valence-electron chi connectivity index (χ3n) is 9.11. The summed E-state index contributed by atoms with van der Waals surface area (Å²) < 4.78 is 24.7. The number of para-hydroxylation sites is 1. The van der Waals surface area contributed by atoms with E-state index >= 15 is 0 Å². The van der Waals surface area contributed by atoms with E-state index < -0.39 is 34.2 Å². The highest BCUT2D eigenvalue weighted by Gasteiger charge is 2.48. The molecule has 0 saturated heterocycles. The molecule has 12 heteroatoms. The van der Waals surface area contributed by atoms with Crippen molar-refractivity contribution in [1.82, 2.24) is 9.55 Å². The number of rotatable bonds is 5. The average molecular weight is 641 g/mol. The monoisotopic (exact) mass is 640 g/mol. The number of aryl methyl sites for hydroxylation is 1. The summed E-state index contributed by atoms with van der Waals surface area (Å²) in [5, 5.41) is 45.9. The lowest BCUT2D eigenvalue weighted by Crippen LogP contribution is -2.42. The van der Waals surface area contributed by atoms with Crippen LogP contribution in [-0.2, 0) is 7.05 Å². The molecule has 1 aliphatic heterocycles. The number of aromatic hydroxyl groups is 3. The standard InChI is InChI=1S/C35H32N2O10/c1-35(2,43)34-26(24-21(47-34)13-18(39)23-29(24)37(3)28-15(31(23)41)8-7-9-17(28)38)25-20(45-5)12-16-22(32(25)42)30(40)14-10-11-19(44-4)33(46-6)27(14)36-16/h7-13,26,34,38-39,42-43H,1-6H3,(H,36,40). The first-order valence-corrected chi connectivity index (χ1v) is 14.7. The van der Waals surface area contributed by atoms with Crippen LogP contribution < -0.4 is 29.8 Å². The number of hydrogen-bond acceptors (Lipinski definition) is 10. The summed E-state index contributed by atoms with van der Waals surface area (Å²) in [6, 6.07) is 10.6. The summed E-state index contributed by atoms with van der Waals surface area (Å²) in [4.78, 5) is 31.1. The SMILES string of the molecule is COc1cc2[nH]c3c(OC)c(OC)ccc3c(=O)c2c(O)c1C1c2c(cc(O)c3c(=O)c4cccc(O)c4n(C)c23)OC1C(C)(C)O. The molecule has 3 heterocycles. The number of nitrogens with zero attached hydrogens (tertiary/aromatic N) is 1. The van der Waals surface area contributed by atoms with Crippen LogP contribution in [0.3, 0.4) is 0 Å². The number of hydrogen-bond donors (Lipinski definition) is 5. The largest absolute Gasteiger partial charge is 0.507 e. The second kappa shape index (κ2) is 10.2. The number of H-pyrrole nitrogens is 1. The van der Waals surface area contributed by atoms with Crippen LogP contribution in [0.5, 0.6) is 40.2 Å². The van der Waals surface area contributed by atoms with E-state index in [9.17, 15) is 30.0 Å². The van der Waals surface area contributed by atoms with Crippen molar-refractivity contribution in [3.8, 4) is 40.2 Å². The molecule has 0 saturated carbocycles. The summed E-state index contributed by atoms with van der Waals surface area (Å²) in [5.41, 5.74) is -1.12. The molecule has 7 rings (SSSR count). The van der Waals surface area contributed by atoms with Crippen LogP contribution in [0.2, 0.25) is 0 Å². The van der Waals surface area contributed by atoms with Gasteiger partial charge in [0.2, 0.25) is 10.9 Å². The van der Waals surface area contributed by atoms with Gasteiger partial charge in [-0.05, 0) is 38.1 Å². The van der Waals surface area contributed by atoms with Crippen LogP contribution in [0, 0.1) is 0 Å². The summed E-state index contributed by atoms with van der Waals surface area (Å²) >= 11 is 0. The Hall–Kier alpha value is -5.62. The van der Waals surface area contributed by atoms with E-state index in [-0.39, 0.29) is 66.7 Å². The van der Waals surface area contributed by atoms with E-state index in [4.69, 9.17) is 18.9 Å². The third-order valence-corrected chi connectivity index (χ3v) is 9.11.